The molecule has 2 aromatic carbocycles. The maximum Gasteiger partial charge on any atom is 0.231 e. The summed E-state index contributed by atoms with van der Waals surface area (Å²) in [4.78, 5) is 4.68. The highest BCUT2D eigenvalue weighted by molar-refractivity contribution is 7.92. The lowest BCUT2D eigenvalue weighted by Crippen LogP contribution is -2.15. The molecule has 0 bridgehead atoms. The van der Waals surface area contributed by atoms with E-state index in [1.54, 1.807) is 6.07 Å². The number of sulfonamides is 1. The second-order valence-electron chi connectivity index (χ2n) is 6.19. The molecular formula is C18H18N2O4S. The van der Waals surface area contributed by atoms with Crippen LogP contribution in [-0.2, 0) is 22.9 Å². The highest BCUT2D eigenvalue weighted by atomic mass is 32.2. The average molecular weight is 358 g/mol. The molecule has 2 aliphatic rings. The van der Waals surface area contributed by atoms with Crippen LogP contribution >= 0.6 is 0 Å². The molecule has 0 fully saturated rings. The quantitative estimate of drug-likeness (QED) is 0.910. The van der Waals surface area contributed by atoms with Crippen molar-refractivity contribution < 1.29 is 17.9 Å². The summed E-state index contributed by atoms with van der Waals surface area (Å²) in [7, 11) is -3.29. The lowest BCUT2D eigenvalue weighted by molar-refractivity contribution is 0.174. The highest BCUT2D eigenvalue weighted by Gasteiger charge is 2.22. The molecule has 4 rings (SSSR count). The Morgan fingerprint density at radius 3 is 2.76 bits per heavy atom. The molecule has 25 heavy (non-hydrogen) atoms. The van der Waals surface area contributed by atoms with Crippen LogP contribution in [0.15, 0.2) is 41.4 Å². The van der Waals surface area contributed by atoms with Gasteiger partial charge >= 0.3 is 0 Å². The van der Waals surface area contributed by atoms with Crippen molar-refractivity contribution in [2.45, 2.75) is 12.8 Å². The third-order valence-corrected chi connectivity index (χ3v) is 4.80. The first-order chi connectivity index (χ1) is 12.0. The van der Waals surface area contributed by atoms with Crippen molar-refractivity contribution in [1.82, 2.24) is 0 Å². The second-order valence-corrected chi connectivity index (χ2v) is 7.94. The molecule has 130 valence electrons. The topological polar surface area (TPSA) is 77.0 Å². The minimum atomic E-state index is -3.29. The van der Waals surface area contributed by atoms with Crippen LogP contribution in [0, 0.1) is 0 Å². The van der Waals surface area contributed by atoms with Crippen molar-refractivity contribution in [3.63, 3.8) is 0 Å². The zero-order chi connectivity index (χ0) is 17.4. The summed E-state index contributed by atoms with van der Waals surface area (Å²) in [6.07, 6.45) is 2.65. The molecule has 0 saturated heterocycles. The second kappa shape index (κ2) is 6.07. The fourth-order valence-corrected chi connectivity index (χ4v) is 3.71. The number of hydrogen-bond donors (Lipinski definition) is 1. The van der Waals surface area contributed by atoms with Gasteiger partial charge in [-0.1, -0.05) is 12.1 Å². The zero-order valence-corrected chi connectivity index (χ0v) is 14.6. The van der Waals surface area contributed by atoms with Gasteiger partial charge in [-0.2, -0.15) is 0 Å². The molecule has 2 heterocycles. The Bertz CT molecular complexity index is 967. The monoisotopic (exact) mass is 358 g/mol. The van der Waals surface area contributed by atoms with Crippen molar-refractivity contribution in [2.24, 2.45) is 4.99 Å². The SMILES string of the molecule is CS(=O)(=O)Nc1cccc(CC2=NCCc3cc4c(cc32)OCO4)c1. The number of fused-ring (bicyclic) bond motifs is 2. The number of benzene rings is 2. The Kier molecular flexibility index (Phi) is 3.88. The van der Waals surface area contributed by atoms with Gasteiger partial charge in [0.2, 0.25) is 16.8 Å². The number of hydrogen-bond acceptors (Lipinski definition) is 5. The van der Waals surface area contributed by atoms with Gasteiger partial charge < -0.3 is 9.47 Å². The van der Waals surface area contributed by atoms with Crippen molar-refractivity contribution in [3.8, 4) is 11.5 Å². The Labute approximate surface area is 146 Å². The molecule has 2 aliphatic heterocycles. The van der Waals surface area contributed by atoms with Crippen LogP contribution in [0.1, 0.15) is 16.7 Å². The first-order valence-electron chi connectivity index (χ1n) is 8.01. The van der Waals surface area contributed by atoms with Crippen molar-refractivity contribution in [2.75, 3.05) is 24.3 Å². The summed E-state index contributed by atoms with van der Waals surface area (Å²) in [6.45, 7) is 0.993. The van der Waals surface area contributed by atoms with Crippen molar-refractivity contribution in [1.29, 1.82) is 0 Å². The molecule has 0 aromatic heterocycles. The van der Waals surface area contributed by atoms with Gasteiger partial charge in [-0.25, -0.2) is 8.42 Å². The van der Waals surface area contributed by atoms with Crippen LogP contribution in [0.5, 0.6) is 11.5 Å². The lowest BCUT2D eigenvalue weighted by Gasteiger charge is -2.18. The van der Waals surface area contributed by atoms with Crippen LogP contribution in [0.3, 0.4) is 0 Å². The molecule has 1 N–H and O–H groups in total. The number of ether oxygens (including phenoxy) is 2. The normalized spacial score (nSPS) is 15.5. The first-order valence-corrected chi connectivity index (χ1v) is 9.90. The Hall–Kier alpha value is -2.54. The number of nitrogens with zero attached hydrogens (tertiary/aromatic N) is 1. The molecule has 6 nitrogen and oxygen atoms in total. The number of anilines is 1. The van der Waals surface area contributed by atoms with Crippen LogP contribution in [0.25, 0.3) is 0 Å². The first kappa shape index (κ1) is 16.0. The molecule has 2 aromatic rings. The van der Waals surface area contributed by atoms with E-state index in [1.807, 2.05) is 30.3 Å². The smallest absolute Gasteiger partial charge is 0.231 e. The van der Waals surface area contributed by atoms with E-state index >= 15 is 0 Å². The van der Waals surface area contributed by atoms with Gasteiger partial charge in [0.05, 0.1) is 6.26 Å². The minimum absolute atomic E-state index is 0.254. The minimum Gasteiger partial charge on any atom is -0.454 e. The van der Waals surface area contributed by atoms with E-state index in [0.717, 1.165) is 47.6 Å². The summed E-state index contributed by atoms with van der Waals surface area (Å²) in [6, 6.07) is 11.4. The maximum atomic E-state index is 11.4. The largest absolute Gasteiger partial charge is 0.454 e. The molecule has 0 spiro atoms. The van der Waals surface area contributed by atoms with E-state index in [2.05, 4.69) is 9.71 Å². The molecule has 0 atom stereocenters. The summed E-state index contributed by atoms with van der Waals surface area (Å²) in [5, 5.41) is 0. The molecular weight excluding hydrogens is 340 g/mol. The molecule has 0 saturated carbocycles. The number of rotatable bonds is 4. The lowest BCUT2D eigenvalue weighted by atomic mass is 9.93. The van der Waals surface area contributed by atoms with Gasteiger partial charge in [0.25, 0.3) is 0 Å². The molecule has 0 radical (unpaired) electrons. The van der Waals surface area contributed by atoms with Crippen LogP contribution in [-0.4, -0.2) is 33.7 Å². The van der Waals surface area contributed by atoms with Crippen LogP contribution in [0.4, 0.5) is 5.69 Å². The predicted octanol–water partition coefficient (Wildman–Crippen LogP) is 2.37. The highest BCUT2D eigenvalue weighted by Crippen LogP contribution is 2.36. The molecule has 0 aliphatic carbocycles. The van der Waals surface area contributed by atoms with E-state index in [0.29, 0.717) is 12.1 Å². The van der Waals surface area contributed by atoms with E-state index in [4.69, 9.17) is 9.47 Å². The van der Waals surface area contributed by atoms with Crippen LogP contribution in [0.2, 0.25) is 0 Å². The Morgan fingerprint density at radius 1 is 1.16 bits per heavy atom. The zero-order valence-electron chi connectivity index (χ0n) is 13.8. The molecule has 0 amide bonds. The summed E-state index contributed by atoms with van der Waals surface area (Å²) >= 11 is 0. The van der Waals surface area contributed by atoms with Gasteiger partial charge in [-0.05, 0) is 41.8 Å². The van der Waals surface area contributed by atoms with E-state index in [1.165, 1.54) is 5.56 Å². The van der Waals surface area contributed by atoms with E-state index < -0.39 is 10.0 Å². The van der Waals surface area contributed by atoms with Gasteiger partial charge in [0.1, 0.15) is 0 Å². The van der Waals surface area contributed by atoms with Gasteiger partial charge in [0, 0.05) is 29.9 Å². The average Bonchev–Trinajstić information content (AvgIpc) is 2.99. The fraction of sp³-hybridized carbons (Fsp3) is 0.278. The molecule has 7 heteroatoms. The summed E-state index contributed by atoms with van der Waals surface area (Å²) in [5.74, 6) is 1.54. The number of aliphatic imine (C=N–C) groups is 1. The third-order valence-electron chi connectivity index (χ3n) is 4.19. The third kappa shape index (κ3) is 3.46. The van der Waals surface area contributed by atoms with E-state index in [-0.39, 0.29) is 6.79 Å². The van der Waals surface area contributed by atoms with Gasteiger partial charge in [0.15, 0.2) is 11.5 Å². The summed E-state index contributed by atoms with van der Waals surface area (Å²) < 4.78 is 36.3. The van der Waals surface area contributed by atoms with E-state index in [9.17, 15) is 8.42 Å². The summed E-state index contributed by atoms with van der Waals surface area (Å²) in [5.41, 5.74) is 4.83. The number of nitrogens with one attached hydrogen (secondary N) is 1. The van der Waals surface area contributed by atoms with Gasteiger partial charge in [-0.15, -0.1) is 0 Å². The Morgan fingerprint density at radius 2 is 1.96 bits per heavy atom. The maximum absolute atomic E-state index is 11.4. The predicted molar refractivity (Wildman–Crippen MR) is 96.3 cm³/mol. The van der Waals surface area contributed by atoms with Gasteiger partial charge in [-0.3, -0.25) is 9.71 Å². The van der Waals surface area contributed by atoms with Crippen molar-refractivity contribution in [3.05, 3.63) is 53.1 Å². The fourth-order valence-electron chi connectivity index (χ4n) is 3.16. The Balaban J connectivity index is 1.62. The molecule has 0 unspecified atom stereocenters. The van der Waals surface area contributed by atoms with Crippen molar-refractivity contribution >= 4 is 21.4 Å². The van der Waals surface area contributed by atoms with Crippen LogP contribution < -0.4 is 14.2 Å². The standard InChI is InChI=1S/C18H18N2O4S/c1-25(21,22)20-14-4-2-3-12(7-14)8-16-15-10-18-17(23-11-24-18)9-13(15)5-6-19-16/h2-4,7,9-10,20H,5-6,8,11H2,1H3.